The van der Waals surface area contributed by atoms with Crippen molar-refractivity contribution in [1.82, 2.24) is 20.4 Å². The van der Waals surface area contributed by atoms with Crippen molar-refractivity contribution in [1.29, 1.82) is 0 Å². The van der Waals surface area contributed by atoms with E-state index in [2.05, 4.69) is 15.7 Å². The van der Waals surface area contributed by atoms with Gasteiger partial charge in [-0.05, 0) is 32.4 Å². The van der Waals surface area contributed by atoms with Crippen LogP contribution < -0.4 is 15.4 Å². The molecule has 1 amide bonds. The minimum Gasteiger partial charge on any atom is -0.490 e. The molecule has 0 spiro atoms. The van der Waals surface area contributed by atoms with E-state index >= 15 is 0 Å². The molecule has 1 aliphatic carbocycles. The topological polar surface area (TPSA) is 68.2 Å². The number of ether oxygens (including phenoxy) is 1. The lowest BCUT2D eigenvalue weighted by molar-refractivity contribution is -0.123. The van der Waals surface area contributed by atoms with Crippen LogP contribution in [0.4, 0.5) is 0 Å². The predicted octanol–water partition coefficient (Wildman–Crippen LogP) is 2.35. The molecule has 136 valence electrons. The van der Waals surface area contributed by atoms with Crippen molar-refractivity contribution in [3.8, 4) is 5.75 Å². The van der Waals surface area contributed by atoms with E-state index in [0.717, 1.165) is 29.7 Å². The fourth-order valence-electron chi connectivity index (χ4n) is 2.76. The second-order valence-electron chi connectivity index (χ2n) is 6.17. The molecule has 1 aromatic heterocycles. The molecule has 6 nitrogen and oxygen atoms in total. The first-order valence-electron chi connectivity index (χ1n) is 8.35. The molecule has 1 unspecified atom stereocenters. The molecule has 1 heterocycles. The van der Waals surface area contributed by atoms with Crippen molar-refractivity contribution in [3.05, 3.63) is 47.8 Å². The maximum absolute atomic E-state index is 12.5. The highest BCUT2D eigenvalue weighted by atomic mass is 35.5. The largest absolute Gasteiger partial charge is 0.490 e. The maximum Gasteiger partial charge on any atom is 0.242 e. The summed E-state index contributed by atoms with van der Waals surface area (Å²) in [6.45, 7) is 0.445. The van der Waals surface area contributed by atoms with Gasteiger partial charge in [-0.1, -0.05) is 18.2 Å². The van der Waals surface area contributed by atoms with E-state index < -0.39 is 6.04 Å². The zero-order valence-electron chi connectivity index (χ0n) is 14.6. The monoisotopic (exact) mass is 364 g/mol. The van der Waals surface area contributed by atoms with Crippen LogP contribution in [0.25, 0.3) is 0 Å². The van der Waals surface area contributed by atoms with Gasteiger partial charge in [0.25, 0.3) is 0 Å². The number of benzene rings is 1. The first-order chi connectivity index (χ1) is 11.7. The number of carbonyl (C=O) groups excluding carboxylic acids is 1. The van der Waals surface area contributed by atoms with Gasteiger partial charge in [-0.2, -0.15) is 5.10 Å². The van der Waals surface area contributed by atoms with E-state index in [1.165, 1.54) is 6.42 Å². The molecule has 0 aliphatic heterocycles. The number of amides is 1. The number of hydrogen-bond donors (Lipinski definition) is 2. The van der Waals surface area contributed by atoms with Crippen LogP contribution in [-0.4, -0.2) is 28.8 Å². The van der Waals surface area contributed by atoms with Crippen LogP contribution >= 0.6 is 12.4 Å². The van der Waals surface area contributed by atoms with E-state index in [9.17, 15) is 4.79 Å². The van der Waals surface area contributed by atoms with Gasteiger partial charge >= 0.3 is 0 Å². The van der Waals surface area contributed by atoms with Crippen LogP contribution in [0.3, 0.4) is 0 Å². The highest BCUT2D eigenvalue weighted by Gasteiger charge is 2.22. The van der Waals surface area contributed by atoms with Crippen molar-refractivity contribution in [3.63, 3.8) is 0 Å². The molecular weight excluding hydrogens is 340 g/mol. The summed E-state index contributed by atoms with van der Waals surface area (Å²) in [7, 11) is 3.60. The molecule has 1 aromatic carbocycles. The van der Waals surface area contributed by atoms with E-state index in [0.29, 0.717) is 12.6 Å². The molecule has 7 heteroatoms. The Morgan fingerprint density at radius 1 is 1.40 bits per heavy atom. The number of nitrogens with one attached hydrogen (secondary N) is 2. The summed E-state index contributed by atoms with van der Waals surface area (Å²) in [4.78, 5) is 12.5. The number of carbonyl (C=O) groups is 1. The van der Waals surface area contributed by atoms with Crippen LogP contribution in [-0.2, 0) is 18.4 Å². The van der Waals surface area contributed by atoms with Crippen LogP contribution in [0.5, 0.6) is 5.75 Å². The molecule has 2 aromatic rings. The molecule has 0 bridgehead atoms. The number of aryl methyl sites for hydroxylation is 1. The number of aromatic nitrogens is 2. The van der Waals surface area contributed by atoms with E-state index in [-0.39, 0.29) is 18.3 Å². The summed E-state index contributed by atoms with van der Waals surface area (Å²) in [6.07, 6.45) is 7.33. The second-order valence-corrected chi connectivity index (χ2v) is 6.17. The lowest BCUT2D eigenvalue weighted by Crippen LogP contribution is -2.35. The Morgan fingerprint density at radius 3 is 2.76 bits per heavy atom. The fraction of sp³-hybridized carbons (Fsp3) is 0.444. The predicted molar refractivity (Wildman–Crippen MR) is 98.8 cm³/mol. The Kier molecular flexibility index (Phi) is 6.84. The number of halogens is 1. The van der Waals surface area contributed by atoms with Crippen LogP contribution in [0.1, 0.15) is 36.4 Å². The standard InChI is InChI=1S/C18H24N4O2.ClH/c1-19-17(14-11-21-22(2)12-14)18(23)20-10-13-6-3-4-9-16(13)24-15-7-5-8-15;/h3-4,6,9,11-12,15,17,19H,5,7-8,10H2,1-2H3,(H,20,23);1H. The average molecular weight is 365 g/mol. The summed E-state index contributed by atoms with van der Waals surface area (Å²) in [5.74, 6) is 0.786. The Balaban J connectivity index is 0.00000225. The molecule has 3 rings (SSSR count). The van der Waals surface area contributed by atoms with Crippen LogP contribution in [0.15, 0.2) is 36.7 Å². The lowest BCUT2D eigenvalue weighted by atomic mass is 9.96. The van der Waals surface area contributed by atoms with Gasteiger partial charge in [0.15, 0.2) is 0 Å². The Labute approximate surface area is 154 Å². The molecular formula is C18H25ClN4O2. The third-order valence-corrected chi connectivity index (χ3v) is 4.38. The van der Waals surface area contributed by atoms with Gasteiger partial charge in [-0.3, -0.25) is 9.48 Å². The van der Waals surface area contributed by atoms with Gasteiger partial charge in [0, 0.05) is 30.9 Å². The Hall–Kier alpha value is -2.05. The van der Waals surface area contributed by atoms with E-state index in [1.54, 1.807) is 17.9 Å². The zero-order valence-corrected chi connectivity index (χ0v) is 15.4. The minimum atomic E-state index is -0.418. The molecule has 1 aliphatic rings. The number of nitrogens with zero attached hydrogens (tertiary/aromatic N) is 2. The number of likely N-dealkylation sites (N-methyl/N-ethyl adjacent to an activating group) is 1. The smallest absolute Gasteiger partial charge is 0.242 e. The Bertz CT molecular complexity index is 700. The van der Waals surface area contributed by atoms with Gasteiger partial charge in [-0.15, -0.1) is 12.4 Å². The molecule has 0 radical (unpaired) electrons. The summed E-state index contributed by atoms with van der Waals surface area (Å²) in [5, 5.41) is 10.2. The molecule has 0 saturated heterocycles. The summed E-state index contributed by atoms with van der Waals surface area (Å²) < 4.78 is 7.70. The van der Waals surface area contributed by atoms with Crippen LogP contribution in [0, 0.1) is 0 Å². The average Bonchev–Trinajstić information content (AvgIpc) is 2.96. The van der Waals surface area contributed by atoms with Gasteiger partial charge < -0.3 is 15.4 Å². The fourth-order valence-corrected chi connectivity index (χ4v) is 2.76. The molecule has 2 N–H and O–H groups in total. The Morgan fingerprint density at radius 2 is 2.16 bits per heavy atom. The highest BCUT2D eigenvalue weighted by Crippen LogP contribution is 2.27. The SMILES string of the molecule is CNC(C(=O)NCc1ccccc1OC1CCC1)c1cnn(C)c1.Cl. The molecule has 25 heavy (non-hydrogen) atoms. The van der Waals surface area contributed by atoms with Crippen molar-refractivity contribution in [2.45, 2.75) is 38.0 Å². The van der Waals surface area contributed by atoms with Gasteiger partial charge in [0.05, 0.1) is 12.3 Å². The van der Waals surface area contributed by atoms with E-state index in [4.69, 9.17) is 4.74 Å². The van der Waals surface area contributed by atoms with Crippen molar-refractivity contribution < 1.29 is 9.53 Å². The second kappa shape index (κ2) is 8.87. The number of rotatable bonds is 7. The van der Waals surface area contributed by atoms with Gasteiger partial charge in [0.1, 0.15) is 11.8 Å². The number of para-hydroxylation sites is 1. The maximum atomic E-state index is 12.5. The zero-order chi connectivity index (χ0) is 16.9. The van der Waals surface area contributed by atoms with Crippen LogP contribution in [0.2, 0.25) is 0 Å². The summed E-state index contributed by atoms with van der Waals surface area (Å²) in [5.41, 5.74) is 1.84. The molecule has 1 fully saturated rings. The number of hydrogen-bond acceptors (Lipinski definition) is 4. The highest BCUT2D eigenvalue weighted by molar-refractivity contribution is 5.85. The summed E-state index contributed by atoms with van der Waals surface area (Å²) >= 11 is 0. The van der Waals surface area contributed by atoms with Crippen molar-refractivity contribution >= 4 is 18.3 Å². The third-order valence-electron chi connectivity index (χ3n) is 4.38. The molecule has 1 saturated carbocycles. The normalized spacial score (nSPS) is 15.0. The quantitative estimate of drug-likeness (QED) is 0.791. The van der Waals surface area contributed by atoms with Gasteiger partial charge in [-0.25, -0.2) is 0 Å². The van der Waals surface area contributed by atoms with Crippen molar-refractivity contribution in [2.75, 3.05) is 7.05 Å². The van der Waals surface area contributed by atoms with Gasteiger partial charge in [0.2, 0.25) is 5.91 Å². The van der Waals surface area contributed by atoms with E-state index in [1.807, 2.05) is 37.5 Å². The van der Waals surface area contributed by atoms with Crippen molar-refractivity contribution in [2.24, 2.45) is 7.05 Å². The first kappa shape index (κ1) is 19.3. The lowest BCUT2D eigenvalue weighted by Gasteiger charge is -2.27. The molecule has 1 atom stereocenters. The first-order valence-corrected chi connectivity index (χ1v) is 8.35. The third kappa shape index (κ3) is 4.74. The summed E-state index contributed by atoms with van der Waals surface area (Å²) in [6, 6.07) is 7.47. The minimum absolute atomic E-state index is 0.